The van der Waals surface area contributed by atoms with Crippen molar-refractivity contribution in [2.45, 2.75) is 96.9 Å². The highest BCUT2D eigenvalue weighted by molar-refractivity contribution is 5.75. The van der Waals surface area contributed by atoms with Crippen molar-refractivity contribution in [1.82, 2.24) is 5.32 Å². The molecule has 4 heteroatoms. The molecule has 0 radical (unpaired) electrons. The van der Waals surface area contributed by atoms with Crippen LogP contribution in [-0.4, -0.2) is 30.2 Å². The van der Waals surface area contributed by atoms with Crippen molar-refractivity contribution in [3.63, 3.8) is 0 Å². The van der Waals surface area contributed by atoms with Crippen molar-refractivity contribution >= 4 is 5.91 Å². The lowest BCUT2D eigenvalue weighted by atomic mass is 10.0. The molecule has 4 nitrogen and oxygen atoms in total. The van der Waals surface area contributed by atoms with E-state index in [0.717, 1.165) is 25.7 Å². The zero-order chi connectivity index (χ0) is 20.2. The van der Waals surface area contributed by atoms with Crippen LogP contribution in [0.1, 0.15) is 90.9 Å². The summed E-state index contributed by atoms with van der Waals surface area (Å²) >= 11 is 0. The van der Waals surface area contributed by atoms with Crippen LogP contribution in [0, 0.1) is 5.92 Å². The number of allylic oxidation sites excluding steroid dienone is 4. The highest BCUT2D eigenvalue weighted by Gasteiger charge is 2.12. The third-order valence-electron chi connectivity index (χ3n) is 4.92. The van der Waals surface area contributed by atoms with Gasteiger partial charge in [0.25, 0.3) is 0 Å². The summed E-state index contributed by atoms with van der Waals surface area (Å²) in [7, 11) is 0. The van der Waals surface area contributed by atoms with Crippen molar-refractivity contribution in [2.75, 3.05) is 13.2 Å². The Morgan fingerprint density at radius 1 is 0.963 bits per heavy atom. The Kier molecular flexibility index (Phi) is 18.8. The van der Waals surface area contributed by atoms with Gasteiger partial charge in [-0.2, -0.15) is 0 Å². The van der Waals surface area contributed by atoms with Gasteiger partial charge in [-0.25, -0.2) is 0 Å². The van der Waals surface area contributed by atoms with Crippen LogP contribution in [0.5, 0.6) is 0 Å². The molecular weight excluding hydrogens is 336 g/mol. The quantitative estimate of drug-likeness (QED) is 0.234. The lowest BCUT2D eigenvalue weighted by Gasteiger charge is -2.17. The van der Waals surface area contributed by atoms with Gasteiger partial charge in [0.15, 0.2) is 0 Å². The molecule has 0 saturated carbocycles. The molecule has 0 aliphatic rings. The molecule has 1 unspecified atom stereocenters. The van der Waals surface area contributed by atoms with Gasteiger partial charge in [-0.05, 0) is 44.4 Å². The van der Waals surface area contributed by atoms with Crippen LogP contribution in [0.15, 0.2) is 24.3 Å². The zero-order valence-corrected chi connectivity index (χ0v) is 17.8. The third kappa shape index (κ3) is 18.0. The van der Waals surface area contributed by atoms with E-state index in [0.29, 0.717) is 13.0 Å². The number of aliphatic hydroxyl groups excluding tert-OH is 1. The van der Waals surface area contributed by atoms with Crippen molar-refractivity contribution in [3.05, 3.63) is 24.3 Å². The minimum Gasteiger partial charge on any atom is -0.395 e. The van der Waals surface area contributed by atoms with E-state index in [4.69, 9.17) is 10.8 Å². The van der Waals surface area contributed by atoms with Gasteiger partial charge < -0.3 is 16.2 Å². The minimum atomic E-state index is -0.263. The third-order valence-corrected chi connectivity index (χ3v) is 4.92. The molecule has 0 saturated heterocycles. The Morgan fingerprint density at radius 2 is 1.56 bits per heavy atom. The summed E-state index contributed by atoms with van der Waals surface area (Å²) in [6, 6.07) is -0.263. The van der Waals surface area contributed by atoms with Gasteiger partial charge in [-0.3, -0.25) is 4.79 Å². The van der Waals surface area contributed by atoms with Crippen molar-refractivity contribution in [1.29, 1.82) is 0 Å². The first kappa shape index (κ1) is 25.9. The Morgan fingerprint density at radius 3 is 2.19 bits per heavy atom. The average molecular weight is 381 g/mol. The summed E-state index contributed by atoms with van der Waals surface area (Å²) in [6.45, 7) is 4.69. The molecule has 0 rings (SSSR count). The lowest BCUT2D eigenvalue weighted by Crippen LogP contribution is -2.39. The first-order chi connectivity index (χ1) is 13.1. The zero-order valence-electron chi connectivity index (χ0n) is 17.8. The summed E-state index contributed by atoms with van der Waals surface area (Å²) in [5.74, 6) is 0.196. The number of carbonyl (C=O) groups excluding carboxylic acids is 1. The fourth-order valence-corrected chi connectivity index (χ4v) is 2.79. The summed E-state index contributed by atoms with van der Waals surface area (Å²) in [6.07, 6.45) is 22.8. The highest BCUT2D eigenvalue weighted by Crippen LogP contribution is 2.08. The van der Waals surface area contributed by atoms with Gasteiger partial charge in [0.2, 0.25) is 5.91 Å². The predicted molar refractivity (Wildman–Crippen MR) is 117 cm³/mol. The molecule has 158 valence electrons. The normalized spacial score (nSPS) is 14.1. The smallest absolute Gasteiger partial charge is 0.220 e. The molecule has 27 heavy (non-hydrogen) atoms. The first-order valence-corrected chi connectivity index (χ1v) is 11.0. The standard InChI is InChI=1S/C23H44N2O2/c1-3-4-5-6-7-8-9-10-11-12-13-14-15-16-17-18-23(27)25-19-21(2)22(24)20-26/h7-8,10-11,21-22,26H,3-6,9,12-20,24H2,1-2H3,(H,25,27)/b8-7-,11-10-/t21?,22-/m1/s1. The van der Waals surface area contributed by atoms with E-state index < -0.39 is 0 Å². The molecule has 2 atom stereocenters. The molecule has 0 spiro atoms. The second-order valence-corrected chi connectivity index (χ2v) is 7.61. The number of nitrogens with two attached hydrogens (primary N) is 1. The van der Waals surface area contributed by atoms with Crippen LogP contribution in [0.3, 0.4) is 0 Å². The Balaban J connectivity index is 3.39. The molecule has 0 aromatic rings. The van der Waals surface area contributed by atoms with Crippen LogP contribution in [0.2, 0.25) is 0 Å². The van der Waals surface area contributed by atoms with E-state index in [2.05, 4.69) is 36.5 Å². The van der Waals surface area contributed by atoms with Gasteiger partial charge in [0, 0.05) is 19.0 Å². The summed E-state index contributed by atoms with van der Waals surface area (Å²) in [5.41, 5.74) is 5.73. The van der Waals surface area contributed by atoms with Crippen molar-refractivity contribution < 1.29 is 9.90 Å². The molecule has 0 aliphatic heterocycles. The second-order valence-electron chi connectivity index (χ2n) is 7.61. The number of hydrogen-bond donors (Lipinski definition) is 3. The van der Waals surface area contributed by atoms with E-state index in [9.17, 15) is 4.79 Å². The van der Waals surface area contributed by atoms with Gasteiger partial charge >= 0.3 is 0 Å². The molecule has 0 bridgehead atoms. The minimum absolute atomic E-state index is 0.0397. The predicted octanol–water partition coefficient (Wildman–Crippen LogP) is 4.87. The van der Waals surface area contributed by atoms with Crippen LogP contribution in [-0.2, 0) is 4.79 Å². The maximum absolute atomic E-state index is 11.8. The number of hydrogen-bond acceptors (Lipinski definition) is 3. The van der Waals surface area contributed by atoms with Crippen LogP contribution < -0.4 is 11.1 Å². The second kappa shape index (κ2) is 19.6. The molecule has 0 heterocycles. The number of rotatable bonds is 18. The van der Waals surface area contributed by atoms with Gasteiger partial charge in [-0.15, -0.1) is 0 Å². The van der Waals surface area contributed by atoms with Gasteiger partial charge in [0.1, 0.15) is 0 Å². The van der Waals surface area contributed by atoms with Gasteiger partial charge in [0.05, 0.1) is 6.61 Å². The molecule has 0 fully saturated rings. The summed E-state index contributed by atoms with van der Waals surface area (Å²) < 4.78 is 0. The molecule has 0 aromatic heterocycles. The Bertz CT molecular complexity index is 394. The SMILES string of the molecule is CCCCC/C=C\C/C=C\CCCCCCCC(=O)NCC(C)[C@H](N)CO. The van der Waals surface area contributed by atoms with E-state index >= 15 is 0 Å². The number of aliphatic hydroxyl groups is 1. The van der Waals surface area contributed by atoms with Crippen molar-refractivity contribution in [2.24, 2.45) is 11.7 Å². The van der Waals surface area contributed by atoms with Crippen LogP contribution >= 0.6 is 0 Å². The number of amides is 1. The Hall–Kier alpha value is -1.13. The largest absolute Gasteiger partial charge is 0.395 e. The summed E-state index contributed by atoms with van der Waals surface area (Å²) in [5, 5.41) is 11.9. The molecular formula is C23H44N2O2. The number of carbonyl (C=O) groups is 1. The maximum atomic E-state index is 11.8. The van der Waals surface area contributed by atoms with E-state index in [-0.39, 0.29) is 24.5 Å². The van der Waals surface area contributed by atoms with Gasteiger partial charge in [-0.1, -0.05) is 70.3 Å². The molecule has 0 aliphatic carbocycles. The Labute approximate surface area is 167 Å². The molecule has 4 N–H and O–H groups in total. The molecule has 1 amide bonds. The number of nitrogens with one attached hydrogen (secondary N) is 1. The van der Waals surface area contributed by atoms with Crippen LogP contribution in [0.4, 0.5) is 0 Å². The first-order valence-electron chi connectivity index (χ1n) is 11.0. The average Bonchev–Trinajstić information content (AvgIpc) is 2.68. The number of unbranched alkanes of at least 4 members (excludes halogenated alkanes) is 8. The lowest BCUT2D eigenvalue weighted by molar-refractivity contribution is -0.121. The van der Waals surface area contributed by atoms with Crippen LogP contribution in [0.25, 0.3) is 0 Å². The van der Waals surface area contributed by atoms with E-state index in [1.807, 2.05) is 6.92 Å². The fraction of sp³-hybridized carbons (Fsp3) is 0.783. The van der Waals surface area contributed by atoms with E-state index in [1.54, 1.807) is 0 Å². The van der Waals surface area contributed by atoms with Crippen molar-refractivity contribution in [3.8, 4) is 0 Å². The van der Waals surface area contributed by atoms with E-state index in [1.165, 1.54) is 44.9 Å². The fourth-order valence-electron chi connectivity index (χ4n) is 2.79. The maximum Gasteiger partial charge on any atom is 0.220 e. The topological polar surface area (TPSA) is 75.4 Å². The highest BCUT2D eigenvalue weighted by atomic mass is 16.3. The molecule has 0 aromatic carbocycles. The monoisotopic (exact) mass is 380 g/mol. The summed E-state index contributed by atoms with van der Waals surface area (Å²) in [4.78, 5) is 11.8.